The van der Waals surface area contributed by atoms with Gasteiger partial charge in [0.1, 0.15) is 10.9 Å². The molecule has 122 valence electrons. The molecule has 0 saturated carbocycles. The highest BCUT2D eigenvalue weighted by molar-refractivity contribution is 7.58. The zero-order valence-electron chi connectivity index (χ0n) is 13.5. The summed E-state index contributed by atoms with van der Waals surface area (Å²) in [5.74, 6) is 0. The molecular weight excluding hydrogens is 414 g/mol. The number of halogens is 1. The fraction of sp³-hybridized carbons (Fsp3) is 0.500. The van der Waals surface area contributed by atoms with E-state index in [2.05, 4.69) is 12.1 Å². The van der Waals surface area contributed by atoms with Crippen LogP contribution < -0.4 is 21.2 Å². The Labute approximate surface area is 143 Å². The highest BCUT2D eigenvalue weighted by atomic mass is 127. The number of hydrogen-bond donors (Lipinski definition) is 0. The van der Waals surface area contributed by atoms with Gasteiger partial charge in [-0.25, -0.2) is 0 Å². The molecule has 0 unspecified atom stereocenters. The van der Waals surface area contributed by atoms with Gasteiger partial charge < -0.3 is 13.8 Å². The van der Waals surface area contributed by atoms with Gasteiger partial charge in [0.05, 0.1) is 19.8 Å². The van der Waals surface area contributed by atoms with Crippen LogP contribution in [-0.2, 0) is 18.3 Å². The summed E-state index contributed by atoms with van der Waals surface area (Å²) >= 11 is -0.473. The maximum atomic E-state index is 13.1. The summed E-state index contributed by atoms with van der Waals surface area (Å²) < 4.78 is 32.5. The maximum absolute atomic E-state index is 13.1. The minimum Gasteiger partial charge on any atom is -0.362 e. The van der Waals surface area contributed by atoms with Crippen LogP contribution in [0.1, 0.15) is 27.7 Å². The van der Waals surface area contributed by atoms with Crippen molar-refractivity contribution in [2.45, 2.75) is 33.3 Å². The van der Waals surface area contributed by atoms with Gasteiger partial charge in [0, 0.05) is 0 Å². The molecule has 0 spiro atoms. The predicted molar refractivity (Wildman–Crippen MR) is 83.1 cm³/mol. The van der Waals surface area contributed by atoms with E-state index in [4.69, 9.17) is 13.8 Å². The van der Waals surface area contributed by atoms with Gasteiger partial charge in [-0.05, 0) is 39.8 Å². The first-order chi connectivity index (χ1) is 10.4. The third kappa shape index (κ3) is 4.01. The van der Waals surface area contributed by atoms with Gasteiger partial charge in [-0.1, -0.05) is 18.2 Å². The first-order valence-electron chi connectivity index (χ1n) is 7.40. The Hall–Kier alpha value is -0.200. The summed E-state index contributed by atoms with van der Waals surface area (Å²) in [4.78, 5) is 0. The second kappa shape index (κ2) is 7.58. The van der Waals surface area contributed by atoms with Crippen molar-refractivity contribution in [3.05, 3.63) is 42.8 Å². The van der Waals surface area contributed by atoms with Crippen LogP contribution in [0.4, 0.5) is 0 Å². The Bertz CT molecular complexity index is 573. The molecule has 2 rings (SSSR count). The monoisotopic (exact) mass is 437 g/mol. The fourth-order valence-corrected chi connectivity index (χ4v) is 7.85. The smallest absolute Gasteiger partial charge is 0.362 e. The molecule has 0 bridgehead atoms. The molecule has 4 nitrogen and oxygen atoms in total. The molecular formula is C16H23IO4P+. The van der Waals surface area contributed by atoms with Crippen LogP contribution in [0.5, 0.6) is 0 Å². The molecule has 6 heteroatoms. The molecule has 22 heavy (non-hydrogen) atoms. The SMILES string of the molecule is CCOP(=O)(OCC)C1=C([I+]c2ccccc2)C(C)(C)OC1. The van der Waals surface area contributed by atoms with E-state index in [-0.39, 0.29) is 0 Å². The average molecular weight is 437 g/mol. The highest BCUT2D eigenvalue weighted by Crippen LogP contribution is 2.59. The van der Waals surface area contributed by atoms with Gasteiger partial charge in [0.2, 0.25) is 3.58 Å². The van der Waals surface area contributed by atoms with E-state index in [1.807, 2.05) is 45.9 Å². The number of benzene rings is 1. The Kier molecular flexibility index (Phi) is 6.25. The lowest BCUT2D eigenvalue weighted by Crippen LogP contribution is -3.61. The van der Waals surface area contributed by atoms with Crippen molar-refractivity contribution in [2.75, 3.05) is 19.8 Å². The quantitative estimate of drug-likeness (QED) is 0.476. The van der Waals surface area contributed by atoms with Crippen molar-refractivity contribution < 1.29 is 39.6 Å². The number of hydrogen-bond acceptors (Lipinski definition) is 4. The minimum atomic E-state index is -3.26. The molecule has 1 aromatic carbocycles. The van der Waals surface area contributed by atoms with E-state index >= 15 is 0 Å². The van der Waals surface area contributed by atoms with Crippen LogP contribution in [0.15, 0.2) is 39.2 Å². The number of rotatable bonds is 7. The molecule has 0 fully saturated rings. The standard InChI is InChI=1S/C16H23IO4P/c1-5-20-22(18,21-6-2)14-12-19-16(3,4)15(14)17-13-10-8-7-9-11-13/h7-11H,5-6,12H2,1-4H3/q+1. The lowest BCUT2D eigenvalue weighted by atomic mass is 10.1. The van der Waals surface area contributed by atoms with E-state index in [9.17, 15) is 4.57 Å². The zero-order valence-corrected chi connectivity index (χ0v) is 16.5. The lowest BCUT2D eigenvalue weighted by molar-refractivity contribution is -0.586. The molecule has 0 N–H and O–H groups in total. The summed E-state index contributed by atoms with van der Waals surface area (Å²) in [7, 11) is -3.26. The molecule has 0 saturated heterocycles. The topological polar surface area (TPSA) is 44.8 Å². The second-order valence-electron chi connectivity index (χ2n) is 5.28. The average Bonchev–Trinajstić information content (AvgIpc) is 2.77. The van der Waals surface area contributed by atoms with Gasteiger partial charge in [-0.15, -0.1) is 0 Å². The van der Waals surface area contributed by atoms with Gasteiger partial charge in [0.15, 0.2) is 3.57 Å². The van der Waals surface area contributed by atoms with E-state index in [1.165, 1.54) is 3.57 Å². The molecule has 0 radical (unpaired) electrons. The van der Waals surface area contributed by atoms with Gasteiger partial charge in [-0.2, -0.15) is 0 Å². The Morgan fingerprint density at radius 2 is 1.77 bits per heavy atom. The van der Waals surface area contributed by atoms with E-state index < -0.39 is 34.4 Å². The van der Waals surface area contributed by atoms with Crippen molar-refractivity contribution >= 4 is 7.60 Å². The Morgan fingerprint density at radius 3 is 2.32 bits per heavy atom. The largest absolute Gasteiger partial charge is 0.364 e. The van der Waals surface area contributed by atoms with E-state index in [1.54, 1.807) is 0 Å². The first-order valence-corrected chi connectivity index (χ1v) is 11.1. The molecule has 1 aliphatic heterocycles. The molecule has 1 aromatic rings. The normalized spacial score (nSPS) is 18.0. The van der Waals surface area contributed by atoms with Crippen molar-refractivity contribution in [1.82, 2.24) is 0 Å². The van der Waals surface area contributed by atoms with Crippen LogP contribution in [0.2, 0.25) is 0 Å². The van der Waals surface area contributed by atoms with Crippen LogP contribution in [-0.4, -0.2) is 25.4 Å². The highest BCUT2D eigenvalue weighted by Gasteiger charge is 2.51. The Morgan fingerprint density at radius 1 is 1.18 bits per heavy atom. The minimum absolute atomic E-state index is 0.326. The third-order valence-corrected chi connectivity index (χ3v) is 9.69. The van der Waals surface area contributed by atoms with Gasteiger partial charge in [-0.3, -0.25) is 4.57 Å². The molecule has 0 aliphatic carbocycles. The van der Waals surface area contributed by atoms with Crippen molar-refractivity contribution in [3.63, 3.8) is 0 Å². The second-order valence-corrected chi connectivity index (χ2v) is 10.2. The summed E-state index contributed by atoms with van der Waals surface area (Å²) in [6.45, 7) is 8.76. The number of ether oxygens (including phenoxy) is 1. The Balaban J connectivity index is 2.43. The van der Waals surface area contributed by atoms with Crippen LogP contribution in [0.3, 0.4) is 0 Å². The van der Waals surface area contributed by atoms with Crippen molar-refractivity contribution in [3.8, 4) is 0 Å². The first kappa shape index (κ1) is 18.1. The predicted octanol–water partition coefficient (Wildman–Crippen LogP) is 1.23. The summed E-state index contributed by atoms with van der Waals surface area (Å²) in [5.41, 5.74) is -0.414. The van der Waals surface area contributed by atoms with Crippen molar-refractivity contribution in [2.24, 2.45) is 0 Å². The fourth-order valence-electron chi connectivity index (χ4n) is 2.21. The molecule has 0 amide bonds. The summed E-state index contributed by atoms with van der Waals surface area (Å²) in [6.07, 6.45) is 0. The zero-order chi connectivity index (χ0) is 16.2. The van der Waals surface area contributed by atoms with Gasteiger partial charge >= 0.3 is 28.8 Å². The molecule has 0 aromatic heterocycles. The van der Waals surface area contributed by atoms with E-state index in [0.29, 0.717) is 19.8 Å². The lowest BCUT2D eigenvalue weighted by Gasteiger charge is -2.17. The van der Waals surface area contributed by atoms with Crippen LogP contribution in [0, 0.1) is 3.57 Å². The third-order valence-electron chi connectivity index (χ3n) is 3.22. The van der Waals surface area contributed by atoms with Crippen LogP contribution in [0.25, 0.3) is 0 Å². The van der Waals surface area contributed by atoms with Crippen molar-refractivity contribution in [1.29, 1.82) is 0 Å². The molecule has 1 heterocycles. The molecule has 1 aliphatic rings. The maximum Gasteiger partial charge on any atom is 0.364 e. The van der Waals surface area contributed by atoms with E-state index in [0.717, 1.165) is 8.89 Å². The van der Waals surface area contributed by atoms with Gasteiger partial charge in [0.25, 0.3) is 0 Å². The van der Waals surface area contributed by atoms with Crippen LogP contribution >= 0.6 is 7.60 Å². The summed E-state index contributed by atoms with van der Waals surface area (Å²) in [5, 5.41) is 0.734. The molecule has 0 atom stereocenters. The summed E-state index contributed by atoms with van der Waals surface area (Å²) in [6, 6.07) is 10.3.